The number of aromatic hydroxyl groups is 1. The van der Waals surface area contributed by atoms with Crippen molar-refractivity contribution in [2.45, 2.75) is 13.3 Å². The summed E-state index contributed by atoms with van der Waals surface area (Å²) in [5.74, 6) is -0.572. The topological polar surface area (TPSA) is 143 Å². The SMILES string of the molecule is CC/C(=N\NC(N)=O)c1c(O)n(-c2ccccc2)c(=O)[nH]c1=O. The molecule has 0 aliphatic rings. The molecule has 0 saturated heterocycles. The molecule has 0 aliphatic heterocycles. The van der Waals surface area contributed by atoms with Gasteiger partial charge in [0.1, 0.15) is 5.56 Å². The number of hydrogen-bond acceptors (Lipinski definition) is 5. The number of aromatic amines is 1. The number of benzene rings is 1. The predicted octanol–water partition coefficient (Wildman–Crippen LogP) is 0.0138. The van der Waals surface area contributed by atoms with Crippen molar-refractivity contribution in [1.29, 1.82) is 0 Å². The fraction of sp³-hybridized carbons (Fsp3) is 0.143. The number of carbonyl (C=O) groups excluding carboxylic acids is 1. The van der Waals surface area contributed by atoms with Crippen LogP contribution in [0.25, 0.3) is 5.69 Å². The number of hydrogen-bond donors (Lipinski definition) is 4. The molecule has 0 bridgehead atoms. The van der Waals surface area contributed by atoms with Crippen molar-refractivity contribution >= 4 is 11.7 Å². The van der Waals surface area contributed by atoms with Gasteiger partial charge in [-0.05, 0) is 18.6 Å². The Morgan fingerprint density at radius 2 is 2.00 bits per heavy atom. The summed E-state index contributed by atoms with van der Waals surface area (Å²) in [6, 6.07) is 7.36. The number of primary amides is 1. The zero-order chi connectivity index (χ0) is 17.0. The van der Waals surface area contributed by atoms with E-state index in [1.54, 1.807) is 37.3 Å². The van der Waals surface area contributed by atoms with E-state index in [1.165, 1.54) is 0 Å². The number of hydrazone groups is 1. The lowest BCUT2D eigenvalue weighted by Crippen LogP contribution is -2.34. The van der Waals surface area contributed by atoms with E-state index in [9.17, 15) is 19.5 Å². The van der Waals surface area contributed by atoms with Gasteiger partial charge in [-0.3, -0.25) is 9.78 Å². The van der Waals surface area contributed by atoms with E-state index < -0.39 is 23.2 Å². The molecule has 0 aliphatic carbocycles. The zero-order valence-electron chi connectivity index (χ0n) is 12.2. The highest BCUT2D eigenvalue weighted by Gasteiger charge is 2.19. The summed E-state index contributed by atoms with van der Waals surface area (Å²) < 4.78 is 0.937. The van der Waals surface area contributed by atoms with E-state index in [-0.39, 0.29) is 17.7 Å². The highest BCUT2D eigenvalue weighted by molar-refractivity contribution is 6.02. The molecule has 0 unspecified atom stereocenters. The first-order chi connectivity index (χ1) is 11.0. The smallest absolute Gasteiger partial charge is 0.335 e. The van der Waals surface area contributed by atoms with Crippen LogP contribution >= 0.6 is 0 Å². The van der Waals surface area contributed by atoms with Crippen LogP contribution in [0.3, 0.4) is 0 Å². The Kier molecular flexibility index (Phi) is 4.60. The van der Waals surface area contributed by atoms with Crippen molar-refractivity contribution in [1.82, 2.24) is 15.0 Å². The van der Waals surface area contributed by atoms with Gasteiger partial charge < -0.3 is 10.8 Å². The number of para-hydroxylation sites is 1. The fourth-order valence-corrected chi connectivity index (χ4v) is 2.04. The maximum absolute atomic E-state index is 12.0. The third-order valence-electron chi connectivity index (χ3n) is 3.02. The first-order valence-corrected chi connectivity index (χ1v) is 6.71. The van der Waals surface area contributed by atoms with Crippen molar-refractivity contribution in [2.24, 2.45) is 10.8 Å². The predicted molar refractivity (Wildman–Crippen MR) is 83.9 cm³/mol. The summed E-state index contributed by atoms with van der Waals surface area (Å²) in [7, 11) is 0. The van der Waals surface area contributed by atoms with Gasteiger partial charge in [-0.1, -0.05) is 25.1 Å². The lowest BCUT2D eigenvalue weighted by molar-refractivity contribution is 0.249. The minimum Gasteiger partial charge on any atom is -0.493 e. The maximum Gasteiger partial charge on any atom is 0.335 e. The van der Waals surface area contributed by atoms with Gasteiger partial charge in [0, 0.05) is 0 Å². The molecule has 1 heterocycles. The number of H-pyrrole nitrogens is 1. The van der Waals surface area contributed by atoms with E-state index >= 15 is 0 Å². The van der Waals surface area contributed by atoms with Gasteiger partial charge in [-0.2, -0.15) is 5.10 Å². The van der Waals surface area contributed by atoms with Crippen molar-refractivity contribution in [2.75, 3.05) is 0 Å². The average Bonchev–Trinajstić information content (AvgIpc) is 2.51. The summed E-state index contributed by atoms with van der Waals surface area (Å²) in [5, 5.41) is 14.1. The van der Waals surface area contributed by atoms with E-state index in [4.69, 9.17) is 5.73 Å². The molecule has 0 atom stereocenters. The van der Waals surface area contributed by atoms with Gasteiger partial charge in [0.2, 0.25) is 5.88 Å². The molecule has 2 amide bonds. The second-order valence-corrected chi connectivity index (χ2v) is 4.52. The third-order valence-corrected chi connectivity index (χ3v) is 3.02. The first-order valence-electron chi connectivity index (χ1n) is 6.71. The second kappa shape index (κ2) is 6.60. The van der Waals surface area contributed by atoms with Crippen LogP contribution in [-0.4, -0.2) is 26.4 Å². The van der Waals surface area contributed by atoms with Crippen LogP contribution in [0.1, 0.15) is 18.9 Å². The number of aromatic nitrogens is 2. The van der Waals surface area contributed by atoms with Crippen LogP contribution in [0.4, 0.5) is 4.79 Å². The Labute approximate surface area is 130 Å². The van der Waals surface area contributed by atoms with Gasteiger partial charge in [-0.25, -0.2) is 19.6 Å². The number of nitrogens with zero attached hydrogens (tertiary/aromatic N) is 2. The van der Waals surface area contributed by atoms with Crippen LogP contribution < -0.4 is 22.4 Å². The lowest BCUT2D eigenvalue weighted by atomic mass is 10.1. The summed E-state index contributed by atoms with van der Waals surface area (Å²) in [6.45, 7) is 1.67. The number of nitrogens with one attached hydrogen (secondary N) is 2. The number of nitrogens with two attached hydrogens (primary N) is 1. The lowest BCUT2D eigenvalue weighted by Gasteiger charge is -2.12. The monoisotopic (exact) mass is 317 g/mol. The Bertz CT molecular complexity index is 867. The van der Waals surface area contributed by atoms with E-state index in [1.807, 2.05) is 5.43 Å². The number of rotatable bonds is 4. The highest BCUT2D eigenvalue weighted by Crippen LogP contribution is 2.17. The normalized spacial score (nSPS) is 11.3. The molecule has 5 N–H and O–H groups in total. The van der Waals surface area contributed by atoms with Crippen molar-refractivity contribution in [3.8, 4) is 11.6 Å². The number of urea groups is 1. The van der Waals surface area contributed by atoms with Gasteiger partial charge in [0.15, 0.2) is 0 Å². The maximum atomic E-state index is 12.0. The second-order valence-electron chi connectivity index (χ2n) is 4.52. The van der Waals surface area contributed by atoms with Gasteiger partial charge in [-0.15, -0.1) is 0 Å². The average molecular weight is 317 g/mol. The molecule has 0 saturated carbocycles. The minimum atomic E-state index is -0.914. The largest absolute Gasteiger partial charge is 0.493 e. The first kappa shape index (κ1) is 16.0. The molecule has 120 valence electrons. The Morgan fingerprint density at radius 1 is 1.35 bits per heavy atom. The summed E-state index contributed by atoms with van der Waals surface area (Å²) in [4.78, 5) is 36.9. The Morgan fingerprint density at radius 3 is 2.57 bits per heavy atom. The van der Waals surface area contributed by atoms with Crippen molar-refractivity contribution < 1.29 is 9.90 Å². The molecular weight excluding hydrogens is 302 g/mol. The molecule has 9 nitrogen and oxygen atoms in total. The molecule has 9 heteroatoms. The molecule has 1 aromatic heterocycles. The summed E-state index contributed by atoms with van der Waals surface area (Å²) in [6.07, 6.45) is 0.212. The molecule has 0 fully saturated rings. The Hall–Kier alpha value is -3.36. The molecule has 2 rings (SSSR count). The fourth-order valence-electron chi connectivity index (χ4n) is 2.04. The summed E-state index contributed by atoms with van der Waals surface area (Å²) >= 11 is 0. The van der Waals surface area contributed by atoms with Crippen molar-refractivity contribution in [3.05, 3.63) is 56.7 Å². The van der Waals surface area contributed by atoms with E-state index in [0.717, 1.165) is 4.57 Å². The van der Waals surface area contributed by atoms with Gasteiger partial charge >= 0.3 is 11.7 Å². The molecule has 1 aromatic carbocycles. The van der Waals surface area contributed by atoms with Crippen LogP contribution in [0.15, 0.2) is 45.0 Å². The van der Waals surface area contributed by atoms with Crippen LogP contribution in [0, 0.1) is 0 Å². The third kappa shape index (κ3) is 3.28. The highest BCUT2D eigenvalue weighted by atomic mass is 16.3. The van der Waals surface area contributed by atoms with E-state index in [0.29, 0.717) is 5.69 Å². The quantitative estimate of drug-likeness (QED) is 0.465. The molecule has 0 spiro atoms. The summed E-state index contributed by atoms with van der Waals surface area (Å²) in [5.41, 5.74) is 5.55. The standard InChI is InChI=1S/C14H15N5O4/c1-2-9(17-18-13(15)22)10-11(20)16-14(23)19(12(10)21)8-6-4-3-5-7-8/h3-7,21H,2H2,1H3,(H3,15,18,22)(H,16,20,23)/b17-9+. The van der Waals surface area contributed by atoms with Crippen LogP contribution in [0.2, 0.25) is 0 Å². The molecule has 23 heavy (non-hydrogen) atoms. The minimum absolute atomic E-state index is 0.0761. The van der Waals surface area contributed by atoms with Crippen LogP contribution in [0.5, 0.6) is 5.88 Å². The van der Waals surface area contributed by atoms with Crippen LogP contribution in [-0.2, 0) is 0 Å². The number of amides is 2. The number of carbonyl (C=O) groups is 1. The molecule has 0 radical (unpaired) electrons. The van der Waals surface area contributed by atoms with Crippen molar-refractivity contribution in [3.63, 3.8) is 0 Å². The Balaban J connectivity index is 2.71. The molecular formula is C14H15N5O4. The zero-order valence-corrected chi connectivity index (χ0v) is 12.2. The van der Waals surface area contributed by atoms with Gasteiger partial charge in [0.05, 0.1) is 11.4 Å². The van der Waals surface area contributed by atoms with Gasteiger partial charge in [0.25, 0.3) is 5.56 Å². The molecule has 2 aromatic rings. The van der Waals surface area contributed by atoms with E-state index in [2.05, 4.69) is 10.1 Å².